The third-order valence-electron chi connectivity index (χ3n) is 4.01. The molecule has 0 bridgehead atoms. The van der Waals surface area contributed by atoms with E-state index in [0.29, 0.717) is 5.56 Å². The summed E-state index contributed by atoms with van der Waals surface area (Å²) in [5, 5.41) is 9.14. The minimum atomic E-state index is -3.79. The van der Waals surface area contributed by atoms with E-state index in [1.807, 2.05) is 0 Å². The number of methoxy groups -OCH3 is 1. The number of hydrogen-bond donors (Lipinski definition) is 1. The molecule has 1 N–H and O–H groups in total. The van der Waals surface area contributed by atoms with Crippen LogP contribution in [-0.4, -0.2) is 50.0 Å². The average Bonchev–Trinajstić information content (AvgIpc) is 2.90. The number of carboxylic acid groups (broad SMARTS) is 1. The standard InChI is InChI=1S/C15H19NO6S/c1-10-8-16(9-13(10)15(18)19)23(20,21)12-5-3-4-11(6-12)7-14(17)22-2/h3-6,10,13H,7-9H2,1-2H3,(H,18,19)/t10-,13-/m1/s1. The van der Waals surface area contributed by atoms with Crippen LogP contribution < -0.4 is 0 Å². The molecule has 0 aliphatic carbocycles. The van der Waals surface area contributed by atoms with Gasteiger partial charge < -0.3 is 9.84 Å². The lowest BCUT2D eigenvalue weighted by Crippen LogP contribution is -2.30. The lowest BCUT2D eigenvalue weighted by Gasteiger charge is -2.16. The number of rotatable bonds is 5. The van der Waals surface area contributed by atoms with Gasteiger partial charge in [0.2, 0.25) is 10.0 Å². The molecule has 8 heteroatoms. The summed E-state index contributed by atoms with van der Waals surface area (Å²) in [6, 6.07) is 6.06. The Labute approximate surface area is 134 Å². The summed E-state index contributed by atoms with van der Waals surface area (Å²) >= 11 is 0. The van der Waals surface area contributed by atoms with Gasteiger partial charge in [-0.2, -0.15) is 4.31 Å². The molecule has 23 heavy (non-hydrogen) atoms. The summed E-state index contributed by atoms with van der Waals surface area (Å²) in [5.74, 6) is -2.40. The topological polar surface area (TPSA) is 101 Å². The van der Waals surface area contributed by atoms with E-state index < -0.39 is 27.9 Å². The predicted octanol–water partition coefficient (Wildman–Crippen LogP) is 0.743. The van der Waals surface area contributed by atoms with E-state index in [-0.39, 0.29) is 30.3 Å². The van der Waals surface area contributed by atoms with E-state index in [2.05, 4.69) is 4.74 Å². The van der Waals surface area contributed by atoms with E-state index in [4.69, 9.17) is 5.11 Å². The lowest BCUT2D eigenvalue weighted by atomic mass is 9.99. The quantitative estimate of drug-likeness (QED) is 0.793. The smallest absolute Gasteiger partial charge is 0.309 e. The number of sulfonamides is 1. The summed E-state index contributed by atoms with van der Waals surface area (Å²) in [5.41, 5.74) is 0.528. The Balaban J connectivity index is 2.25. The van der Waals surface area contributed by atoms with Gasteiger partial charge in [0.05, 0.1) is 24.3 Å². The first-order valence-corrected chi connectivity index (χ1v) is 8.58. The highest BCUT2D eigenvalue weighted by molar-refractivity contribution is 7.89. The molecule has 0 unspecified atom stereocenters. The summed E-state index contributed by atoms with van der Waals surface area (Å²) < 4.78 is 31.1. The monoisotopic (exact) mass is 341 g/mol. The maximum Gasteiger partial charge on any atom is 0.309 e. The highest BCUT2D eigenvalue weighted by Crippen LogP contribution is 2.29. The zero-order chi connectivity index (χ0) is 17.2. The van der Waals surface area contributed by atoms with Gasteiger partial charge >= 0.3 is 11.9 Å². The third-order valence-corrected chi connectivity index (χ3v) is 5.84. The zero-order valence-electron chi connectivity index (χ0n) is 12.9. The van der Waals surface area contributed by atoms with Gasteiger partial charge in [-0.05, 0) is 23.6 Å². The maximum atomic E-state index is 12.7. The van der Waals surface area contributed by atoms with Crippen LogP contribution in [0.5, 0.6) is 0 Å². The highest BCUT2D eigenvalue weighted by atomic mass is 32.2. The molecule has 0 saturated carbocycles. The van der Waals surface area contributed by atoms with Crippen molar-refractivity contribution in [1.82, 2.24) is 4.31 Å². The number of carboxylic acids is 1. The molecule has 1 aromatic carbocycles. The molecule has 1 heterocycles. The van der Waals surface area contributed by atoms with Crippen LogP contribution in [0, 0.1) is 11.8 Å². The van der Waals surface area contributed by atoms with Crippen molar-refractivity contribution in [3.63, 3.8) is 0 Å². The number of benzene rings is 1. The predicted molar refractivity (Wildman–Crippen MR) is 81.2 cm³/mol. The normalized spacial score (nSPS) is 22.0. The van der Waals surface area contributed by atoms with Crippen LogP contribution in [0.25, 0.3) is 0 Å². The van der Waals surface area contributed by atoms with Crippen molar-refractivity contribution in [1.29, 1.82) is 0 Å². The fourth-order valence-corrected chi connectivity index (χ4v) is 4.28. The fourth-order valence-electron chi connectivity index (χ4n) is 2.64. The van der Waals surface area contributed by atoms with Crippen molar-refractivity contribution >= 4 is 22.0 Å². The van der Waals surface area contributed by atoms with Gasteiger partial charge in [-0.15, -0.1) is 0 Å². The molecule has 126 valence electrons. The molecule has 1 aliphatic rings. The Bertz CT molecular complexity index is 714. The van der Waals surface area contributed by atoms with Crippen molar-refractivity contribution in [3.05, 3.63) is 29.8 Å². The molecule has 1 aliphatic heterocycles. The first-order valence-electron chi connectivity index (χ1n) is 7.14. The number of carbonyl (C=O) groups is 2. The summed E-state index contributed by atoms with van der Waals surface area (Å²) in [6.07, 6.45) is -0.0198. The number of aliphatic carboxylic acids is 1. The lowest BCUT2D eigenvalue weighted by molar-refractivity contribution is -0.142. The van der Waals surface area contributed by atoms with E-state index in [0.717, 1.165) is 0 Å². The van der Waals surface area contributed by atoms with Crippen LogP contribution in [-0.2, 0) is 30.8 Å². The van der Waals surface area contributed by atoms with Crippen LogP contribution in [0.1, 0.15) is 12.5 Å². The van der Waals surface area contributed by atoms with Crippen molar-refractivity contribution in [2.75, 3.05) is 20.2 Å². The molecular weight excluding hydrogens is 322 g/mol. The van der Waals surface area contributed by atoms with Crippen molar-refractivity contribution in [3.8, 4) is 0 Å². The molecule has 0 aromatic heterocycles. The average molecular weight is 341 g/mol. The van der Waals surface area contributed by atoms with E-state index in [1.54, 1.807) is 19.1 Å². The first kappa shape index (κ1) is 17.4. The summed E-state index contributed by atoms with van der Waals surface area (Å²) in [6.45, 7) is 1.85. The largest absolute Gasteiger partial charge is 0.481 e. The van der Waals surface area contributed by atoms with Gasteiger partial charge in [0, 0.05) is 13.1 Å². The molecule has 2 atom stereocenters. The molecular formula is C15H19NO6S. The number of ether oxygens (including phenoxy) is 1. The summed E-state index contributed by atoms with van der Waals surface area (Å²) in [4.78, 5) is 22.5. The highest BCUT2D eigenvalue weighted by Gasteiger charge is 2.40. The first-order chi connectivity index (χ1) is 10.8. The fraction of sp³-hybridized carbons (Fsp3) is 0.467. The second-order valence-electron chi connectivity index (χ2n) is 5.64. The van der Waals surface area contributed by atoms with Gasteiger partial charge in [0.15, 0.2) is 0 Å². The maximum absolute atomic E-state index is 12.7. The molecule has 0 radical (unpaired) electrons. The molecule has 0 spiro atoms. The minimum absolute atomic E-state index is 0.0198. The van der Waals surface area contributed by atoms with E-state index >= 15 is 0 Å². The Morgan fingerprint density at radius 3 is 2.61 bits per heavy atom. The van der Waals surface area contributed by atoms with Crippen LogP contribution >= 0.6 is 0 Å². The Kier molecular flexibility index (Phi) is 5.06. The van der Waals surface area contributed by atoms with Gasteiger partial charge in [-0.1, -0.05) is 19.1 Å². The van der Waals surface area contributed by atoms with E-state index in [1.165, 1.54) is 23.5 Å². The second-order valence-corrected chi connectivity index (χ2v) is 7.58. The second kappa shape index (κ2) is 6.67. The SMILES string of the molecule is COC(=O)Cc1cccc(S(=O)(=O)N2C[C@@H](C)[C@H](C(=O)O)C2)c1. The van der Waals surface area contributed by atoms with Gasteiger partial charge in [0.25, 0.3) is 0 Å². The number of carbonyl (C=O) groups excluding carboxylic acids is 1. The van der Waals surface area contributed by atoms with Gasteiger partial charge in [-0.25, -0.2) is 8.42 Å². The molecule has 1 aromatic rings. The zero-order valence-corrected chi connectivity index (χ0v) is 13.7. The Morgan fingerprint density at radius 2 is 2.04 bits per heavy atom. The molecule has 2 rings (SSSR count). The molecule has 1 saturated heterocycles. The van der Waals surface area contributed by atoms with Crippen molar-refractivity contribution in [2.45, 2.75) is 18.2 Å². The van der Waals surface area contributed by atoms with Crippen molar-refractivity contribution < 1.29 is 27.9 Å². The molecule has 7 nitrogen and oxygen atoms in total. The van der Waals surface area contributed by atoms with Crippen LogP contribution in [0.15, 0.2) is 29.2 Å². The van der Waals surface area contributed by atoms with Crippen LogP contribution in [0.3, 0.4) is 0 Å². The number of esters is 1. The van der Waals surface area contributed by atoms with Crippen LogP contribution in [0.2, 0.25) is 0 Å². The Hall–Kier alpha value is -1.93. The summed E-state index contributed by atoms with van der Waals surface area (Å²) in [7, 11) is -2.52. The van der Waals surface area contributed by atoms with E-state index in [9.17, 15) is 18.0 Å². The third kappa shape index (κ3) is 3.70. The minimum Gasteiger partial charge on any atom is -0.481 e. The number of hydrogen-bond acceptors (Lipinski definition) is 5. The molecule has 0 amide bonds. The van der Waals surface area contributed by atoms with Gasteiger partial charge in [-0.3, -0.25) is 9.59 Å². The van der Waals surface area contributed by atoms with Gasteiger partial charge in [0.1, 0.15) is 0 Å². The van der Waals surface area contributed by atoms with Crippen LogP contribution in [0.4, 0.5) is 0 Å². The molecule has 1 fully saturated rings. The Morgan fingerprint density at radius 1 is 1.35 bits per heavy atom. The number of nitrogens with zero attached hydrogens (tertiary/aromatic N) is 1. The van der Waals surface area contributed by atoms with Crippen molar-refractivity contribution in [2.24, 2.45) is 11.8 Å².